The summed E-state index contributed by atoms with van der Waals surface area (Å²) in [6, 6.07) is 62.0. The molecule has 1 aliphatic carbocycles. The lowest BCUT2D eigenvalue weighted by Gasteiger charge is -2.21. The van der Waals surface area contributed by atoms with Gasteiger partial charge in [-0.25, -0.2) is 15.0 Å². The summed E-state index contributed by atoms with van der Waals surface area (Å²) in [4.78, 5) is 15.5. The number of furan rings is 1. The molecule has 1 aliphatic rings. The van der Waals surface area contributed by atoms with Gasteiger partial charge in [0.25, 0.3) is 0 Å². The Morgan fingerprint density at radius 1 is 0.375 bits per heavy atom. The zero-order valence-corrected chi connectivity index (χ0v) is 31.0. The molecule has 56 heavy (non-hydrogen) atoms. The predicted octanol–water partition coefficient (Wildman–Crippen LogP) is 13.6. The molecule has 10 aromatic rings. The highest BCUT2D eigenvalue weighted by Crippen LogP contribution is 2.50. The van der Waals surface area contributed by atoms with Gasteiger partial charge in [0, 0.05) is 32.9 Å². The van der Waals surface area contributed by atoms with Crippen molar-refractivity contribution in [2.45, 2.75) is 19.3 Å². The largest absolute Gasteiger partial charge is 0.456 e. The first kappa shape index (κ1) is 32.3. The van der Waals surface area contributed by atoms with Crippen LogP contribution < -0.4 is 0 Å². The van der Waals surface area contributed by atoms with Crippen molar-refractivity contribution in [1.82, 2.24) is 15.0 Å². The maximum absolute atomic E-state index is 6.52. The van der Waals surface area contributed by atoms with E-state index >= 15 is 0 Å². The summed E-state index contributed by atoms with van der Waals surface area (Å²) in [5.74, 6) is 1.83. The molecule has 0 spiro atoms. The molecule has 4 heteroatoms. The number of benzene rings is 8. The molecular formula is C52H35N3O. The van der Waals surface area contributed by atoms with E-state index in [0.29, 0.717) is 17.5 Å². The van der Waals surface area contributed by atoms with Crippen LogP contribution in [-0.2, 0) is 5.41 Å². The highest BCUT2D eigenvalue weighted by atomic mass is 16.3. The van der Waals surface area contributed by atoms with E-state index in [4.69, 9.17) is 19.4 Å². The third kappa shape index (κ3) is 5.10. The van der Waals surface area contributed by atoms with Crippen LogP contribution in [0.15, 0.2) is 180 Å². The van der Waals surface area contributed by atoms with E-state index in [1.165, 1.54) is 22.3 Å². The summed E-state index contributed by atoms with van der Waals surface area (Å²) in [6.07, 6.45) is 0. The molecule has 0 radical (unpaired) electrons. The van der Waals surface area contributed by atoms with Crippen LogP contribution in [-0.4, -0.2) is 15.0 Å². The standard InChI is InChI=1S/C52H35N3O/c1-52(2)44-22-12-11-20-40(44)42-29-34(25-27-45(42)52)37-28-35-18-9-10-19-38(35)43(30-37)51-54-49(33-16-7-4-8-17-33)53-50(55-51)36-24-26-41-47(31-36)56-46-23-13-21-39(48(41)46)32-14-5-3-6-15-32/h3-31H,1-2H3. The van der Waals surface area contributed by atoms with Crippen LogP contribution in [0.1, 0.15) is 25.0 Å². The van der Waals surface area contributed by atoms with Crippen molar-refractivity contribution >= 4 is 32.7 Å². The third-order valence-electron chi connectivity index (χ3n) is 11.5. The molecule has 0 fully saturated rings. The molecule has 11 rings (SSSR count). The number of aromatic nitrogens is 3. The summed E-state index contributed by atoms with van der Waals surface area (Å²) in [5.41, 5.74) is 14.2. The van der Waals surface area contributed by atoms with Gasteiger partial charge in [-0.2, -0.15) is 0 Å². The van der Waals surface area contributed by atoms with Crippen LogP contribution >= 0.6 is 0 Å². The smallest absolute Gasteiger partial charge is 0.164 e. The third-order valence-corrected chi connectivity index (χ3v) is 11.5. The van der Waals surface area contributed by atoms with Crippen molar-refractivity contribution in [2.24, 2.45) is 0 Å². The van der Waals surface area contributed by atoms with Crippen molar-refractivity contribution in [3.05, 3.63) is 187 Å². The highest BCUT2D eigenvalue weighted by molar-refractivity contribution is 6.13. The van der Waals surface area contributed by atoms with E-state index in [1.54, 1.807) is 0 Å². The Morgan fingerprint density at radius 2 is 1.02 bits per heavy atom. The van der Waals surface area contributed by atoms with Gasteiger partial charge < -0.3 is 4.42 Å². The fourth-order valence-corrected chi connectivity index (χ4v) is 8.73. The molecule has 0 unspecified atom stereocenters. The summed E-state index contributed by atoms with van der Waals surface area (Å²) < 4.78 is 6.52. The monoisotopic (exact) mass is 717 g/mol. The first-order valence-corrected chi connectivity index (χ1v) is 19.1. The Bertz CT molecular complexity index is 3160. The molecule has 2 heterocycles. The number of hydrogen-bond acceptors (Lipinski definition) is 4. The van der Waals surface area contributed by atoms with E-state index in [2.05, 4.69) is 159 Å². The average Bonchev–Trinajstić information content (AvgIpc) is 3.75. The fourth-order valence-electron chi connectivity index (χ4n) is 8.73. The second-order valence-corrected chi connectivity index (χ2v) is 15.2. The van der Waals surface area contributed by atoms with Crippen molar-refractivity contribution < 1.29 is 4.42 Å². The Hall–Kier alpha value is -7.17. The molecule has 0 aliphatic heterocycles. The lowest BCUT2D eigenvalue weighted by atomic mass is 9.82. The Kier molecular flexibility index (Phi) is 7.17. The Balaban J connectivity index is 1.09. The first-order chi connectivity index (χ1) is 27.5. The molecule has 0 saturated carbocycles. The van der Waals surface area contributed by atoms with Gasteiger partial charge in [-0.05, 0) is 91.7 Å². The second kappa shape index (κ2) is 12.4. The van der Waals surface area contributed by atoms with Crippen molar-refractivity contribution in [2.75, 3.05) is 0 Å². The molecule has 8 aromatic carbocycles. The van der Waals surface area contributed by atoms with Crippen LogP contribution in [0.5, 0.6) is 0 Å². The second-order valence-electron chi connectivity index (χ2n) is 15.2. The van der Waals surface area contributed by atoms with E-state index in [9.17, 15) is 0 Å². The number of nitrogens with zero attached hydrogens (tertiary/aromatic N) is 3. The van der Waals surface area contributed by atoms with Gasteiger partial charge in [0.2, 0.25) is 0 Å². The lowest BCUT2D eigenvalue weighted by Crippen LogP contribution is -2.14. The molecule has 2 aromatic heterocycles. The normalized spacial score (nSPS) is 13.0. The molecule has 0 N–H and O–H groups in total. The topological polar surface area (TPSA) is 51.8 Å². The number of fused-ring (bicyclic) bond motifs is 7. The predicted molar refractivity (Wildman–Crippen MR) is 229 cm³/mol. The highest BCUT2D eigenvalue weighted by Gasteiger charge is 2.35. The van der Waals surface area contributed by atoms with Crippen LogP contribution in [0.25, 0.3) is 100 Å². The maximum atomic E-state index is 6.52. The fraction of sp³-hybridized carbons (Fsp3) is 0.0577. The van der Waals surface area contributed by atoms with Crippen LogP contribution in [0.4, 0.5) is 0 Å². The molecular weight excluding hydrogens is 683 g/mol. The van der Waals surface area contributed by atoms with Crippen molar-refractivity contribution in [3.63, 3.8) is 0 Å². The van der Waals surface area contributed by atoms with Gasteiger partial charge in [-0.1, -0.05) is 153 Å². The minimum atomic E-state index is -0.0519. The summed E-state index contributed by atoms with van der Waals surface area (Å²) in [5, 5.41) is 4.37. The molecule has 0 amide bonds. The van der Waals surface area contributed by atoms with Gasteiger partial charge in [-0.3, -0.25) is 0 Å². The minimum Gasteiger partial charge on any atom is -0.456 e. The van der Waals surface area contributed by atoms with Gasteiger partial charge >= 0.3 is 0 Å². The van der Waals surface area contributed by atoms with Gasteiger partial charge in [0.1, 0.15) is 11.2 Å². The summed E-state index contributed by atoms with van der Waals surface area (Å²) in [7, 11) is 0. The van der Waals surface area contributed by atoms with E-state index < -0.39 is 0 Å². The quantitative estimate of drug-likeness (QED) is 0.178. The average molecular weight is 718 g/mol. The van der Waals surface area contributed by atoms with Crippen LogP contribution in [0.2, 0.25) is 0 Å². The Morgan fingerprint density at radius 3 is 1.86 bits per heavy atom. The zero-order chi connectivity index (χ0) is 37.4. The van der Waals surface area contributed by atoms with E-state index in [1.807, 2.05) is 30.3 Å². The zero-order valence-electron chi connectivity index (χ0n) is 31.0. The summed E-state index contributed by atoms with van der Waals surface area (Å²) >= 11 is 0. The molecule has 4 nitrogen and oxygen atoms in total. The van der Waals surface area contributed by atoms with Gasteiger partial charge in [0.05, 0.1) is 0 Å². The molecule has 0 bridgehead atoms. The molecule has 0 saturated heterocycles. The Labute approximate surface area is 324 Å². The van der Waals surface area contributed by atoms with Crippen LogP contribution in [0.3, 0.4) is 0 Å². The molecule has 264 valence electrons. The number of rotatable bonds is 5. The summed E-state index contributed by atoms with van der Waals surface area (Å²) in [6.45, 7) is 4.64. The van der Waals surface area contributed by atoms with Crippen LogP contribution in [0, 0.1) is 0 Å². The minimum absolute atomic E-state index is 0.0519. The molecule has 0 atom stereocenters. The maximum Gasteiger partial charge on any atom is 0.164 e. The SMILES string of the molecule is CC1(C)c2ccccc2-c2cc(-c3cc(-c4nc(-c5ccccc5)nc(-c5ccc6c(c5)oc5cccc(-c7ccccc7)c56)n4)c4ccccc4c3)ccc21. The van der Waals surface area contributed by atoms with E-state index in [-0.39, 0.29) is 5.41 Å². The first-order valence-electron chi connectivity index (χ1n) is 19.1. The number of hydrogen-bond donors (Lipinski definition) is 0. The van der Waals surface area contributed by atoms with Gasteiger partial charge in [-0.15, -0.1) is 0 Å². The van der Waals surface area contributed by atoms with Crippen molar-refractivity contribution in [3.8, 4) is 67.5 Å². The van der Waals surface area contributed by atoms with E-state index in [0.717, 1.165) is 71.7 Å². The van der Waals surface area contributed by atoms with Crippen molar-refractivity contribution in [1.29, 1.82) is 0 Å². The van der Waals surface area contributed by atoms with Gasteiger partial charge in [0.15, 0.2) is 17.5 Å². The lowest BCUT2D eigenvalue weighted by molar-refractivity contribution is 0.660.